The van der Waals surface area contributed by atoms with Crippen LogP contribution in [-0.2, 0) is 17.9 Å². The van der Waals surface area contributed by atoms with E-state index in [0.717, 1.165) is 28.3 Å². The molecule has 0 atom stereocenters. The average Bonchev–Trinajstić information content (AvgIpc) is 3.04. The minimum absolute atomic E-state index is 0.0112. The van der Waals surface area contributed by atoms with Crippen LogP contribution in [0.1, 0.15) is 28.5 Å². The maximum atomic E-state index is 12.6. The number of methoxy groups -OCH3 is 1. The van der Waals surface area contributed by atoms with Crippen molar-refractivity contribution in [1.82, 2.24) is 9.88 Å². The number of rotatable bonds is 7. The van der Waals surface area contributed by atoms with Crippen LogP contribution in [0.15, 0.2) is 60.7 Å². The van der Waals surface area contributed by atoms with E-state index in [4.69, 9.17) is 4.74 Å². The third-order valence-electron chi connectivity index (χ3n) is 4.79. The van der Waals surface area contributed by atoms with Gasteiger partial charge in [0.1, 0.15) is 12.3 Å². The van der Waals surface area contributed by atoms with Gasteiger partial charge in [0, 0.05) is 29.1 Å². The Morgan fingerprint density at radius 1 is 1.04 bits per heavy atom. The summed E-state index contributed by atoms with van der Waals surface area (Å²) in [4.78, 5) is 24.6. The lowest BCUT2D eigenvalue weighted by atomic mass is 10.1. The van der Waals surface area contributed by atoms with E-state index in [9.17, 15) is 9.59 Å². The van der Waals surface area contributed by atoms with Crippen molar-refractivity contribution < 1.29 is 14.3 Å². The predicted molar refractivity (Wildman–Crippen MR) is 109 cm³/mol. The lowest BCUT2D eigenvalue weighted by molar-refractivity contribution is -0.121. The molecule has 0 aliphatic carbocycles. The molecule has 0 saturated carbocycles. The number of para-hydroxylation sites is 1. The molecule has 3 rings (SSSR count). The van der Waals surface area contributed by atoms with Crippen molar-refractivity contribution in [3.8, 4) is 17.0 Å². The molecule has 0 unspecified atom stereocenters. The number of Topliss-reactive ketones (excluding diaryl/α,β-unsaturated/α-hetero) is 1. The Labute approximate surface area is 165 Å². The lowest BCUT2D eigenvalue weighted by Crippen LogP contribution is -2.28. The van der Waals surface area contributed by atoms with Crippen molar-refractivity contribution in [1.29, 1.82) is 0 Å². The van der Waals surface area contributed by atoms with Crippen LogP contribution in [0.3, 0.4) is 0 Å². The van der Waals surface area contributed by atoms with E-state index in [1.165, 1.54) is 0 Å². The van der Waals surface area contributed by atoms with Crippen molar-refractivity contribution in [3.05, 3.63) is 77.5 Å². The molecule has 3 aromatic rings. The first kappa shape index (κ1) is 19.4. The van der Waals surface area contributed by atoms with Crippen LogP contribution >= 0.6 is 0 Å². The van der Waals surface area contributed by atoms with Crippen molar-refractivity contribution in [3.63, 3.8) is 0 Å². The van der Waals surface area contributed by atoms with Gasteiger partial charge in [0.2, 0.25) is 5.91 Å². The molecule has 2 aromatic carbocycles. The molecule has 1 N–H and O–H groups in total. The number of hydrogen-bond donors (Lipinski definition) is 1. The van der Waals surface area contributed by atoms with Gasteiger partial charge in [-0.2, -0.15) is 0 Å². The van der Waals surface area contributed by atoms with Gasteiger partial charge < -0.3 is 14.6 Å². The van der Waals surface area contributed by atoms with Crippen molar-refractivity contribution in [2.45, 2.75) is 26.9 Å². The molecule has 144 valence electrons. The first-order chi connectivity index (χ1) is 13.5. The van der Waals surface area contributed by atoms with Crippen molar-refractivity contribution in [2.24, 2.45) is 0 Å². The highest BCUT2D eigenvalue weighted by molar-refractivity contribution is 5.97. The largest absolute Gasteiger partial charge is 0.496 e. The molecular weight excluding hydrogens is 352 g/mol. The van der Waals surface area contributed by atoms with Crippen LogP contribution in [0.25, 0.3) is 11.3 Å². The van der Waals surface area contributed by atoms with Crippen LogP contribution < -0.4 is 10.1 Å². The van der Waals surface area contributed by atoms with Crippen LogP contribution in [0.5, 0.6) is 5.75 Å². The number of benzene rings is 2. The third-order valence-corrected chi connectivity index (χ3v) is 4.79. The number of carbonyl (C=O) groups excluding carboxylic acids is 2. The topological polar surface area (TPSA) is 60.3 Å². The van der Waals surface area contributed by atoms with Crippen LogP contribution in [0, 0.1) is 6.92 Å². The molecule has 5 heteroatoms. The van der Waals surface area contributed by atoms with E-state index in [0.29, 0.717) is 12.1 Å². The molecule has 5 nitrogen and oxygen atoms in total. The van der Waals surface area contributed by atoms with Gasteiger partial charge in [-0.3, -0.25) is 9.59 Å². The summed E-state index contributed by atoms with van der Waals surface area (Å²) in [6, 6.07) is 19.2. The molecule has 0 radical (unpaired) electrons. The average molecular weight is 376 g/mol. The molecule has 28 heavy (non-hydrogen) atoms. The Kier molecular flexibility index (Phi) is 5.94. The highest BCUT2D eigenvalue weighted by Crippen LogP contribution is 2.26. The summed E-state index contributed by atoms with van der Waals surface area (Å²) >= 11 is 0. The number of carbonyl (C=O) groups is 2. The Bertz CT molecular complexity index is 990. The first-order valence-electron chi connectivity index (χ1n) is 9.16. The molecule has 0 fully saturated rings. The Balaban J connectivity index is 1.83. The van der Waals surface area contributed by atoms with Gasteiger partial charge in [-0.1, -0.05) is 48.5 Å². The maximum absolute atomic E-state index is 12.6. The molecular formula is C23H24N2O3. The van der Waals surface area contributed by atoms with E-state index in [1.54, 1.807) is 14.0 Å². The number of nitrogens with one attached hydrogen (secondary N) is 1. The quantitative estimate of drug-likeness (QED) is 0.634. The Hall–Kier alpha value is -3.34. The number of ether oxygens (including phenoxy) is 1. The highest BCUT2D eigenvalue weighted by Gasteiger charge is 2.18. The second-order valence-corrected chi connectivity index (χ2v) is 6.63. The summed E-state index contributed by atoms with van der Waals surface area (Å²) < 4.78 is 7.22. The zero-order chi connectivity index (χ0) is 20.1. The zero-order valence-electron chi connectivity index (χ0n) is 16.4. The monoisotopic (exact) mass is 376 g/mol. The van der Waals surface area contributed by atoms with Gasteiger partial charge in [-0.05, 0) is 31.5 Å². The number of aromatic nitrogens is 1. The normalized spacial score (nSPS) is 10.5. The molecule has 1 aromatic heterocycles. The minimum atomic E-state index is -0.128. The van der Waals surface area contributed by atoms with Gasteiger partial charge in [0.15, 0.2) is 5.78 Å². The number of ketones is 1. The fourth-order valence-electron chi connectivity index (χ4n) is 3.30. The molecule has 0 saturated heterocycles. The number of nitrogens with zero attached hydrogens (tertiary/aromatic N) is 1. The summed E-state index contributed by atoms with van der Waals surface area (Å²) in [5, 5.41) is 2.94. The summed E-state index contributed by atoms with van der Waals surface area (Å²) in [5.41, 5.74) is 4.16. The molecule has 1 heterocycles. The molecule has 0 aliphatic heterocycles. The van der Waals surface area contributed by atoms with E-state index < -0.39 is 0 Å². The van der Waals surface area contributed by atoms with Gasteiger partial charge >= 0.3 is 0 Å². The van der Waals surface area contributed by atoms with E-state index in [-0.39, 0.29) is 18.2 Å². The highest BCUT2D eigenvalue weighted by atomic mass is 16.5. The second kappa shape index (κ2) is 8.57. The molecule has 0 aliphatic rings. The number of amides is 1. The second-order valence-electron chi connectivity index (χ2n) is 6.63. The van der Waals surface area contributed by atoms with E-state index in [1.807, 2.05) is 72.2 Å². The fourth-order valence-corrected chi connectivity index (χ4v) is 3.30. The predicted octanol–water partition coefficient (Wildman–Crippen LogP) is 3.99. The third kappa shape index (κ3) is 4.14. The Morgan fingerprint density at radius 2 is 1.71 bits per heavy atom. The molecule has 1 amide bonds. The van der Waals surface area contributed by atoms with Gasteiger partial charge in [0.25, 0.3) is 0 Å². The lowest BCUT2D eigenvalue weighted by Gasteiger charge is -2.13. The number of hydrogen-bond acceptors (Lipinski definition) is 3. The summed E-state index contributed by atoms with van der Waals surface area (Å²) in [6.45, 7) is 3.93. The van der Waals surface area contributed by atoms with Crippen molar-refractivity contribution in [2.75, 3.05) is 7.11 Å². The standard InChI is InChI=1S/C23H24N2O3/c1-16-20(17(2)26)13-21(18-9-5-4-6-10-18)25(16)15-23(27)24-14-19-11-7-8-12-22(19)28-3/h4-13H,14-15H2,1-3H3,(H,24,27). The maximum Gasteiger partial charge on any atom is 0.240 e. The summed E-state index contributed by atoms with van der Waals surface area (Å²) in [7, 11) is 1.61. The molecule has 0 spiro atoms. The Morgan fingerprint density at radius 3 is 2.39 bits per heavy atom. The zero-order valence-corrected chi connectivity index (χ0v) is 16.4. The van der Waals surface area contributed by atoms with Crippen LogP contribution in [0.4, 0.5) is 0 Å². The van der Waals surface area contributed by atoms with Crippen LogP contribution in [-0.4, -0.2) is 23.4 Å². The van der Waals surface area contributed by atoms with Crippen molar-refractivity contribution >= 4 is 11.7 Å². The first-order valence-corrected chi connectivity index (χ1v) is 9.16. The summed E-state index contributed by atoms with van der Waals surface area (Å²) in [5.74, 6) is 0.600. The molecule has 0 bridgehead atoms. The smallest absolute Gasteiger partial charge is 0.240 e. The van der Waals surface area contributed by atoms with Gasteiger partial charge in [0.05, 0.1) is 7.11 Å². The van der Waals surface area contributed by atoms with Gasteiger partial charge in [-0.25, -0.2) is 0 Å². The van der Waals surface area contributed by atoms with Gasteiger partial charge in [-0.15, -0.1) is 0 Å². The van der Waals surface area contributed by atoms with E-state index >= 15 is 0 Å². The SMILES string of the molecule is COc1ccccc1CNC(=O)Cn1c(-c2ccccc2)cc(C(C)=O)c1C. The summed E-state index contributed by atoms with van der Waals surface area (Å²) in [6.07, 6.45) is 0. The van der Waals surface area contributed by atoms with Crippen LogP contribution in [0.2, 0.25) is 0 Å². The van der Waals surface area contributed by atoms with E-state index in [2.05, 4.69) is 5.32 Å². The minimum Gasteiger partial charge on any atom is -0.496 e. The fraction of sp³-hybridized carbons (Fsp3) is 0.217.